The average molecular weight is 317 g/mol. The molecule has 0 radical (unpaired) electrons. The highest BCUT2D eigenvalue weighted by atomic mass is 19.2. The molecule has 122 valence electrons. The summed E-state index contributed by atoms with van der Waals surface area (Å²) in [5, 5.41) is 0. The van der Waals surface area contributed by atoms with Crippen LogP contribution in [0.4, 0.5) is 14.5 Å². The Morgan fingerprint density at radius 1 is 1.04 bits per heavy atom. The number of halogens is 2. The topological polar surface area (TPSA) is 20.3 Å². The van der Waals surface area contributed by atoms with Crippen LogP contribution in [0.2, 0.25) is 0 Å². The minimum Gasteiger partial charge on any atom is -0.313 e. The monoisotopic (exact) mass is 317 g/mol. The highest BCUT2D eigenvalue weighted by Gasteiger charge is 2.15. The number of nitrogens with zero attached hydrogens (tertiary/aromatic N) is 1. The zero-order valence-corrected chi connectivity index (χ0v) is 13.5. The Labute approximate surface area is 135 Å². The number of carbonyl (C=O) groups is 1. The van der Waals surface area contributed by atoms with Crippen LogP contribution in [0.3, 0.4) is 0 Å². The molecular weight excluding hydrogens is 296 g/mol. The molecule has 0 fully saturated rings. The minimum absolute atomic E-state index is 0.0781. The molecule has 4 heteroatoms. The quantitative estimate of drug-likeness (QED) is 0.759. The van der Waals surface area contributed by atoms with Crippen LogP contribution in [0.5, 0.6) is 0 Å². The molecule has 23 heavy (non-hydrogen) atoms. The van der Waals surface area contributed by atoms with Gasteiger partial charge in [0, 0.05) is 24.7 Å². The molecule has 0 spiro atoms. The van der Waals surface area contributed by atoms with Gasteiger partial charge in [0.1, 0.15) is 0 Å². The van der Waals surface area contributed by atoms with E-state index in [0.29, 0.717) is 18.7 Å². The first-order valence-corrected chi connectivity index (χ1v) is 7.82. The Kier molecular flexibility index (Phi) is 5.85. The van der Waals surface area contributed by atoms with Crippen LogP contribution in [-0.2, 0) is 11.2 Å². The smallest absolute Gasteiger partial charge is 0.226 e. The second kappa shape index (κ2) is 7.86. The van der Waals surface area contributed by atoms with E-state index in [4.69, 9.17) is 0 Å². The number of carbonyl (C=O) groups excluding carboxylic acids is 1. The molecule has 0 aliphatic carbocycles. The third-order valence-corrected chi connectivity index (χ3v) is 3.81. The number of aryl methyl sites for hydroxylation is 2. The molecule has 0 aromatic heterocycles. The third-order valence-electron chi connectivity index (χ3n) is 3.81. The van der Waals surface area contributed by atoms with Crippen molar-refractivity contribution in [2.75, 3.05) is 11.4 Å². The first kappa shape index (κ1) is 17.1. The second-order valence-electron chi connectivity index (χ2n) is 5.58. The summed E-state index contributed by atoms with van der Waals surface area (Å²) >= 11 is 0. The molecule has 2 aromatic rings. The molecule has 0 bridgehead atoms. The first-order chi connectivity index (χ1) is 11.0. The molecule has 0 saturated heterocycles. The summed E-state index contributed by atoms with van der Waals surface area (Å²) in [6.45, 7) is 4.28. The molecule has 2 aromatic carbocycles. The number of anilines is 1. The second-order valence-corrected chi connectivity index (χ2v) is 5.58. The van der Waals surface area contributed by atoms with E-state index in [0.717, 1.165) is 25.0 Å². The normalized spacial score (nSPS) is 10.6. The molecule has 2 rings (SSSR count). The highest BCUT2D eigenvalue weighted by molar-refractivity contribution is 5.93. The van der Waals surface area contributed by atoms with Crippen LogP contribution in [0.15, 0.2) is 42.5 Å². The zero-order chi connectivity index (χ0) is 16.8. The van der Waals surface area contributed by atoms with E-state index in [9.17, 15) is 13.6 Å². The fourth-order valence-electron chi connectivity index (χ4n) is 2.49. The summed E-state index contributed by atoms with van der Waals surface area (Å²) in [7, 11) is 0. The van der Waals surface area contributed by atoms with E-state index in [1.807, 2.05) is 13.8 Å². The van der Waals surface area contributed by atoms with Gasteiger partial charge in [0.2, 0.25) is 5.91 Å². The van der Waals surface area contributed by atoms with E-state index in [-0.39, 0.29) is 5.91 Å². The summed E-state index contributed by atoms with van der Waals surface area (Å²) in [6.07, 6.45) is 1.92. The molecule has 0 N–H and O–H groups in total. The predicted molar refractivity (Wildman–Crippen MR) is 88.5 cm³/mol. The molecule has 0 aliphatic rings. The van der Waals surface area contributed by atoms with Crippen molar-refractivity contribution in [1.82, 2.24) is 0 Å². The number of benzene rings is 2. The zero-order valence-electron chi connectivity index (χ0n) is 13.5. The van der Waals surface area contributed by atoms with Gasteiger partial charge in [-0.3, -0.25) is 4.79 Å². The fraction of sp³-hybridized carbons (Fsp3) is 0.316. The molecule has 0 heterocycles. The van der Waals surface area contributed by atoms with Gasteiger partial charge in [-0.05, 0) is 44.4 Å². The van der Waals surface area contributed by atoms with Crippen LogP contribution in [0.1, 0.15) is 30.9 Å². The van der Waals surface area contributed by atoms with Crippen molar-refractivity contribution in [3.63, 3.8) is 0 Å². The lowest BCUT2D eigenvalue weighted by Gasteiger charge is -2.21. The summed E-state index contributed by atoms with van der Waals surface area (Å²) in [5.41, 5.74) is 2.80. The maximum atomic E-state index is 13.3. The summed E-state index contributed by atoms with van der Waals surface area (Å²) in [4.78, 5) is 13.8. The average Bonchev–Trinajstić information content (AvgIpc) is 2.53. The van der Waals surface area contributed by atoms with Crippen LogP contribution < -0.4 is 4.90 Å². The van der Waals surface area contributed by atoms with Gasteiger partial charge in [-0.1, -0.05) is 29.8 Å². The van der Waals surface area contributed by atoms with Crippen molar-refractivity contribution in [3.8, 4) is 0 Å². The van der Waals surface area contributed by atoms with E-state index in [2.05, 4.69) is 24.3 Å². The number of rotatable bonds is 6. The molecule has 1 amide bonds. The van der Waals surface area contributed by atoms with Crippen LogP contribution in [-0.4, -0.2) is 12.5 Å². The fourth-order valence-corrected chi connectivity index (χ4v) is 2.49. The largest absolute Gasteiger partial charge is 0.313 e. The standard InChI is InChI=1S/C19H21F2NO/c1-3-22(16-11-12-17(20)18(21)13-16)19(23)6-4-5-15-9-7-14(2)8-10-15/h7-13H,3-6H2,1-2H3. The maximum absolute atomic E-state index is 13.3. The Hall–Kier alpha value is -2.23. The van der Waals surface area contributed by atoms with Gasteiger partial charge >= 0.3 is 0 Å². The molecular formula is C19H21F2NO. The van der Waals surface area contributed by atoms with Crippen molar-refractivity contribution < 1.29 is 13.6 Å². The summed E-state index contributed by atoms with van der Waals surface area (Å²) in [5.74, 6) is -1.92. The minimum atomic E-state index is -0.937. The third kappa shape index (κ3) is 4.62. The maximum Gasteiger partial charge on any atom is 0.226 e. The van der Waals surface area contributed by atoms with Gasteiger partial charge in [0.15, 0.2) is 11.6 Å². The van der Waals surface area contributed by atoms with Gasteiger partial charge in [0.25, 0.3) is 0 Å². The number of hydrogen-bond acceptors (Lipinski definition) is 1. The lowest BCUT2D eigenvalue weighted by atomic mass is 10.1. The van der Waals surface area contributed by atoms with Crippen LogP contribution in [0, 0.1) is 18.6 Å². The van der Waals surface area contributed by atoms with Gasteiger partial charge < -0.3 is 4.90 Å². The summed E-state index contributed by atoms with van der Waals surface area (Å²) in [6, 6.07) is 11.8. The number of amides is 1. The van der Waals surface area contributed by atoms with Crippen molar-refractivity contribution >= 4 is 11.6 Å². The van der Waals surface area contributed by atoms with Crippen molar-refractivity contribution in [2.45, 2.75) is 33.1 Å². The Balaban J connectivity index is 1.94. The van der Waals surface area contributed by atoms with Gasteiger partial charge in [-0.15, -0.1) is 0 Å². The Morgan fingerprint density at radius 2 is 1.74 bits per heavy atom. The number of hydrogen-bond donors (Lipinski definition) is 0. The van der Waals surface area contributed by atoms with Crippen molar-refractivity contribution in [2.24, 2.45) is 0 Å². The molecule has 2 nitrogen and oxygen atoms in total. The summed E-state index contributed by atoms with van der Waals surface area (Å²) < 4.78 is 26.3. The Bertz CT molecular complexity index is 668. The lowest BCUT2D eigenvalue weighted by molar-refractivity contribution is -0.118. The Morgan fingerprint density at radius 3 is 2.35 bits per heavy atom. The van der Waals surface area contributed by atoms with Gasteiger partial charge in [-0.2, -0.15) is 0 Å². The van der Waals surface area contributed by atoms with E-state index >= 15 is 0 Å². The van der Waals surface area contributed by atoms with Crippen molar-refractivity contribution in [3.05, 3.63) is 65.2 Å². The van der Waals surface area contributed by atoms with Gasteiger partial charge in [-0.25, -0.2) is 8.78 Å². The van der Waals surface area contributed by atoms with Crippen LogP contribution >= 0.6 is 0 Å². The predicted octanol–water partition coefficient (Wildman–Crippen LogP) is 4.65. The molecule has 0 aliphatic heterocycles. The van der Waals surface area contributed by atoms with Crippen LogP contribution in [0.25, 0.3) is 0 Å². The van der Waals surface area contributed by atoms with Crippen molar-refractivity contribution in [1.29, 1.82) is 0 Å². The SMILES string of the molecule is CCN(C(=O)CCCc1ccc(C)cc1)c1ccc(F)c(F)c1. The first-order valence-electron chi connectivity index (χ1n) is 7.82. The van der Waals surface area contributed by atoms with Gasteiger partial charge in [0.05, 0.1) is 0 Å². The lowest BCUT2D eigenvalue weighted by Crippen LogP contribution is -2.30. The molecule has 0 unspecified atom stereocenters. The molecule has 0 atom stereocenters. The van der Waals surface area contributed by atoms with E-state index in [1.54, 1.807) is 0 Å². The molecule has 0 saturated carbocycles. The highest BCUT2D eigenvalue weighted by Crippen LogP contribution is 2.19. The van der Waals surface area contributed by atoms with E-state index < -0.39 is 11.6 Å². The van der Waals surface area contributed by atoms with E-state index in [1.165, 1.54) is 22.1 Å².